The number of piperidine rings is 1. The van der Waals surface area contributed by atoms with Crippen molar-refractivity contribution >= 4 is 21.8 Å². The quantitative estimate of drug-likeness (QED) is 0.694. The molecule has 0 spiro atoms. The van der Waals surface area contributed by atoms with E-state index in [4.69, 9.17) is 0 Å². The molecule has 19 heavy (non-hydrogen) atoms. The number of rotatable bonds is 2. The second-order valence-electron chi connectivity index (χ2n) is 7.13. The Labute approximate surface area is 126 Å². The lowest BCUT2D eigenvalue weighted by molar-refractivity contribution is -0.142. The molecule has 2 atom stereocenters. The lowest BCUT2D eigenvalue weighted by atomic mass is 9.68. The predicted octanol–water partition coefficient (Wildman–Crippen LogP) is 4.22. The zero-order chi connectivity index (χ0) is 14.0. The van der Waals surface area contributed by atoms with Gasteiger partial charge in [-0.2, -0.15) is 0 Å². The zero-order valence-corrected chi connectivity index (χ0v) is 14.2. The summed E-state index contributed by atoms with van der Waals surface area (Å²) >= 11 is 3.68. The second kappa shape index (κ2) is 6.15. The normalized spacial score (nSPS) is 30.1. The highest BCUT2D eigenvalue weighted by Crippen LogP contribution is 2.42. The van der Waals surface area contributed by atoms with Gasteiger partial charge >= 0.3 is 0 Å². The molecule has 2 aliphatic rings. The third-order valence-corrected chi connectivity index (χ3v) is 6.05. The van der Waals surface area contributed by atoms with Crippen LogP contribution in [0.2, 0.25) is 0 Å². The molecule has 0 aromatic carbocycles. The Morgan fingerprint density at radius 1 is 1.21 bits per heavy atom. The zero-order valence-electron chi connectivity index (χ0n) is 12.6. The van der Waals surface area contributed by atoms with Gasteiger partial charge in [-0.1, -0.05) is 49.5 Å². The highest BCUT2D eigenvalue weighted by Gasteiger charge is 2.40. The van der Waals surface area contributed by atoms with E-state index in [9.17, 15) is 4.79 Å². The van der Waals surface area contributed by atoms with Crippen molar-refractivity contribution in [3.63, 3.8) is 0 Å². The molecule has 2 rings (SSSR count). The average Bonchev–Trinajstić information content (AvgIpc) is 2.37. The van der Waals surface area contributed by atoms with Gasteiger partial charge in [0.05, 0.1) is 0 Å². The molecule has 0 radical (unpaired) electrons. The minimum absolute atomic E-state index is 0.203. The lowest BCUT2D eigenvalue weighted by Crippen LogP contribution is -2.47. The Hall–Kier alpha value is -0.0500. The smallest absolute Gasteiger partial charge is 0.226 e. The molecule has 1 aliphatic carbocycles. The van der Waals surface area contributed by atoms with Crippen molar-refractivity contribution in [2.45, 2.75) is 64.1 Å². The molecule has 1 saturated heterocycles. The van der Waals surface area contributed by atoms with Crippen LogP contribution in [0.15, 0.2) is 0 Å². The maximum Gasteiger partial charge on any atom is 0.226 e. The predicted molar refractivity (Wildman–Crippen MR) is 83.4 cm³/mol. The van der Waals surface area contributed by atoms with Gasteiger partial charge in [-0.05, 0) is 37.0 Å². The van der Waals surface area contributed by atoms with Crippen LogP contribution in [-0.4, -0.2) is 28.7 Å². The molecule has 2 fully saturated rings. The Morgan fingerprint density at radius 3 is 2.37 bits per heavy atom. The third-order valence-electron chi connectivity index (χ3n) is 5.31. The second-order valence-corrected chi connectivity index (χ2v) is 8.57. The lowest BCUT2D eigenvalue weighted by Gasteiger charge is -2.42. The van der Waals surface area contributed by atoms with Crippen LogP contribution in [0, 0.1) is 17.3 Å². The molecular weight excluding hydrogens is 302 g/mol. The number of hydrogen-bond acceptors (Lipinski definition) is 1. The largest absolute Gasteiger partial charge is 0.342 e. The molecular formula is C16H28BrNO. The van der Waals surface area contributed by atoms with Crippen LogP contribution in [-0.2, 0) is 4.79 Å². The van der Waals surface area contributed by atoms with E-state index in [0.717, 1.165) is 38.3 Å². The van der Waals surface area contributed by atoms with E-state index in [1.165, 1.54) is 19.3 Å². The Morgan fingerprint density at radius 2 is 1.84 bits per heavy atom. The topological polar surface area (TPSA) is 20.3 Å². The van der Waals surface area contributed by atoms with Crippen molar-refractivity contribution < 1.29 is 4.79 Å². The number of carbonyl (C=O) groups excluding carboxylic acids is 1. The van der Waals surface area contributed by atoms with Gasteiger partial charge in [0, 0.05) is 23.8 Å². The van der Waals surface area contributed by atoms with E-state index in [0.29, 0.717) is 10.7 Å². The van der Waals surface area contributed by atoms with E-state index in [2.05, 4.69) is 41.6 Å². The van der Waals surface area contributed by atoms with Gasteiger partial charge < -0.3 is 4.90 Å². The average molecular weight is 330 g/mol. The highest BCUT2D eigenvalue weighted by molar-refractivity contribution is 9.09. The van der Waals surface area contributed by atoms with Crippen molar-refractivity contribution in [3.05, 3.63) is 0 Å². The number of likely N-dealkylation sites (tertiary alicyclic amines) is 1. The van der Waals surface area contributed by atoms with Gasteiger partial charge in [-0.25, -0.2) is 0 Å². The monoisotopic (exact) mass is 329 g/mol. The molecule has 0 aromatic rings. The van der Waals surface area contributed by atoms with Crippen LogP contribution in [0.25, 0.3) is 0 Å². The number of alkyl halides is 1. The first kappa shape index (κ1) is 15.3. The summed E-state index contributed by atoms with van der Waals surface area (Å²) in [6, 6.07) is 0. The minimum atomic E-state index is 0.203. The van der Waals surface area contributed by atoms with Gasteiger partial charge in [0.1, 0.15) is 0 Å². The molecule has 1 aliphatic heterocycles. The molecule has 0 aromatic heterocycles. The molecule has 2 unspecified atom stereocenters. The van der Waals surface area contributed by atoms with Crippen molar-refractivity contribution in [3.8, 4) is 0 Å². The first-order chi connectivity index (χ1) is 8.92. The van der Waals surface area contributed by atoms with Crippen molar-refractivity contribution in [1.29, 1.82) is 0 Å². The number of nitrogens with zero attached hydrogens (tertiary/aromatic N) is 1. The Kier molecular flexibility index (Phi) is 4.97. The minimum Gasteiger partial charge on any atom is -0.342 e. The highest BCUT2D eigenvalue weighted by atomic mass is 79.9. The van der Waals surface area contributed by atoms with Gasteiger partial charge in [-0.3, -0.25) is 4.79 Å². The first-order valence-electron chi connectivity index (χ1n) is 7.84. The first-order valence-corrected chi connectivity index (χ1v) is 8.76. The summed E-state index contributed by atoms with van der Waals surface area (Å²) in [6.45, 7) is 8.72. The van der Waals surface area contributed by atoms with E-state index < -0.39 is 0 Å². The number of carbonyl (C=O) groups is 1. The van der Waals surface area contributed by atoms with Gasteiger partial charge in [0.15, 0.2) is 0 Å². The number of hydrogen-bond donors (Lipinski definition) is 0. The Balaban J connectivity index is 1.93. The molecule has 110 valence electrons. The van der Waals surface area contributed by atoms with Gasteiger partial charge in [0.2, 0.25) is 5.91 Å². The van der Waals surface area contributed by atoms with Crippen LogP contribution in [0.4, 0.5) is 0 Å². The standard InChI is InChI=1S/C16H28BrNO/c1-12(17)13-7-10-18(11-8-13)15(19)14-6-4-5-9-16(14,2)3/h12-14H,4-11H2,1-3H3. The van der Waals surface area contributed by atoms with Crippen LogP contribution in [0.1, 0.15) is 59.3 Å². The van der Waals surface area contributed by atoms with Crippen molar-refractivity contribution in [2.75, 3.05) is 13.1 Å². The van der Waals surface area contributed by atoms with Crippen molar-refractivity contribution in [1.82, 2.24) is 4.90 Å². The van der Waals surface area contributed by atoms with Crippen LogP contribution < -0.4 is 0 Å². The Bertz CT molecular complexity index is 319. The molecule has 3 heteroatoms. The maximum absolute atomic E-state index is 12.8. The summed E-state index contributed by atoms with van der Waals surface area (Å²) in [5.41, 5.74) is 0.203. The number of halogens is 1. The van der Waals surface area contributed by atoms with E-state index >= 15 is 0 Å². The maximum atomic E-state index is 12.8. The fourth-order valence-corrected chi connectivity index (χ4v) is 4.28. The molecule has 0 bridgehead atoms. The summed E-state index contributed by atoms with van der Waals surface area (Å²) in [6.07, 6.45) is 7.14. The molecule has 0 N–H and O–H groups in total. The third kappa shape index (κ3) is 3.53. The fraction of sp³-hybridized carbons (Fsp3) is 0.938. The SMILES string of the molecule is CC(Br)C1CCN(C(=O)C2CCCCC2(C)C)CC1. The summed E-state index contributed by atoms with van der Waals surface area (Å²) in [4.78, 5) is 15.5. The molecule has 1 saturated carbocycles. The fourth-order valence-electron chi connectivity index (χ4n) is 3.75. The number of amides is 1. The van der Waals surface area contributed by atoms with Crippen LogP contribution in [0.3, 0.4) is 0 Å². The van der Waals surface area contributed by atoms with Crippen LogP contribution in [0.5, 0.6) is 0 Å². The van der Waals surface area contributed by atoms with E-state index in [1.807, 2.05) is 0 Å². The summed E-state index contributed by atoms with van der Waals surface area (Å²) in [7, 11) is 0. The molecule has 1 amide bonds. The van der Waals surface area contributed by atoms with E-state index in [-0.39, 0.29) is 11.3 Å². The van der Waals surface area contributed by atoms with Crippen LogP contribution >= 0.6 is 15.9 Å². The summed E-state index contributed by atoms with van der Waals surface area (Å²) in [5.74, 6) is 1.44. The molecule has 1 heterocycles. The summed E-state index contributed by atoms with van der Waals surface area (Å²) in [5, 5.41) is 0. The summed E-state index contributed by atoms with van der Waals surface area (Å²) < 4.78 is 0. The van der Waals surface area contributed by atoms with Crippen molar-refractivity contribution in [2.24, 2.45) is 17.3 Å². The van der Waals surface area contributed by atoms with Gasteiger partial charge in [0.25, 0.3) is 0 Å². The van der Waals surface area contributed by atoms with Gasteiger partial charge in [-0.15, -0.1) is 0 Å². The molecule has 2 nitrogen and oxygen atoms in total. The van der Waals surface area contributed by atoms with E-state index in [1.54, 1.807) is 0 Å².